The number of phenolic OH excluding ortho intramolecular Hbond substituents is 1. The third-order valence-corrected chi connectivity index (χ3v) is 7.90. The summed E-state index contributed by atoms with van der Waals surface area (Å²) in [6.07, 6.45) is 0.642. The van der Waals surface area contributed by atoms with E-state index >= 15 is 0 Å². The molecule has 1 aromatic carbocycles. The number of nitrogens with zero attached hydrogens (tertiary/aromatic N) is 2. The maximum atomic E-state index is 13.7. The van der Waals surface area contributed by atoms with Crippen LogP contribution in [0.15, 0.2) is 34.8 Å². The van der Waals surface area contributed by atoms with Crippen molar-refractivity contribution in [2.75, 3.05) is 20.7 Å². The van der Waals surface area contributed by atoms with Crippen molar-refractivity contribution in [3.8, 4) is 5.75 Å². The van der Waals surface area contributed by atoms with Crippen LogP contribution in [0.1, 0.15) is 34.3 Å². The van der Waals surface area contributed by atoms with Gasteiger partial charge in [-0.05, 0) is 50.0 Å². The fourth-order valence-corrected chi connectivity index (χ4v) is 6.21. The molecular formula is C25H28N4O8. The fourth-order valence-electron chi connectivity index (χ4n) is 6.21. The first-order valence-electron chi connectivity index (χ1n) is 11.9. The Morgan fingerprint density at radius 3 is 2.57 bits per heavy atom. The molecule has 4 unspecified atom stereocenters. The van der Waals surface area contributed by atoms with E-state index in [1.807, 2.05) is 0 Å². The minimum atomic E-state index is -2.67. The number of likely N-dealkylation sites (N-methyl/N-ethyl adjacent to an activating group) is 1. The van der Waals surface area contributed by atoms with Gasteiger partial charge in [0.2, 0.25) is 5.78 Å². The number of fused-ring (bicyclic) bond motifs is 3. The highest BCUT2D eigenvalue weighted by molar-refractivity contribution is 6.24. The van der Waals surface area contributed by atoms with E-state index in [0.717, 1.165) is 0 Å². The van der Waals surface area contributed by atoms with E-state index in [0.29, 0.717) is 24.2 Å². The van der Waals surface area contributed by atoms with Crippen LogP contribution in [0.3, 0.4) is 0 Å². The average Bonchev–Trinajstić information content (AvgIpc) is 3.22. The Bertz CT molecular complexity index is 1330. The smallest absolute Gasteiger partial charge is 0.255 e. The lowest BCUT2D eigenvalue weighted by atomic mass is 9.58. The van der Waals surface area contributed by atoms with Crippen LogP contribution in [0.4, 0.5) is 0 Å². The van der Waals surface area contributed by atoms with Crippen molar-refractivity contribution in [2.45, 2.75) is 37.5 Å². The van der Waals surface area contributed by atoms with Gasteiger partial charge in [-0.1, -0.05) is 6.07 Å². The molecule has 37 heavy (non-hydrogen) atoms. The maximum Gasteiger partial charge on any atom is 0.255 e. The molecule has 0 bridgehead atoms. The molecule has 1 aliphatic heterocycles. The summed E-state index contributed by atoms with van der Waals surface area (Å²) in [4.78, 5) is 46.0. The van der Waals surface area contributed by atoms with Gasteiger partial charge in [0.15, 0.2) is 11.4 Å². The molecule has 0 aromatic heterocycles. The molecule has 1 heterocycles. The van der Waals surface area contributed by atoms with E-state index in [4.69, 9.17) is 16.0 Å². The molecule has 1 aromatic rings. The number of rotatable bonds is 4. The molecule has 4 aliphatic rings. The zero-order chi connectivity index (χ0) is 27.0. The highest BCUT2D eigenvalue weighted by atomic mass is 16.7. The van der Waals surface area contributed by atoms with Gasteiger partial charge in [-0.2, -0.15) is 0 Å². The van der Waals surface area contributed by atoms with Gasteiger partial charge in [0.25, 0.3) is 5.91 Å². The topological polar surface area (TPSA) is 198 Å². The zero-order valence-corrected chi connectivity index (χ0v) is 20.3. The Kier molecular flexibility index (Phi) is 5.66. The van der Waals surface area contributed by atoms with Gasteiger partial charge >= 0.3 is 0 Å². The Morgan fingerprint density at radius 1 is 1.27 bits per heavy atom. The molecule has 196 valence electrons. The second-order valence-electron chi connectivity index (χ2n) is 10.1. The van der Waals surface area contributed by atoms with E-state index in [9.17, 15) is 34.8 Å². The summed E-state index contributed by atoms with van der Waals surface area (Å²) in [6.45, 7) is 0.538. The van der Waals surface area contributed by atoms with Crippen LogP contribution in [0.2, 0.25) is 0 Å². The van der Waals surface area contributed by atoms with Crippen LogP contribution in [-0.2, 0) is 27.4 Å². The molecule has 0 spiro atoms. The fraction of sp³-hybridized carbons (Fsp3) is 0.440. The number of hydrogen-bond acceptors (Lipinski definition) is 10. The molecule has 7 N–H and O–H groups in total. The standard InChI is InChI=1S/C25H28N4O8/c1-28(2)19-13-8-11-7-12-10(9-29-15(26)5-6-37-29)3-4-14(30)17(12)20(31)16(11)22(33)25(13,36)23(34)18(21(19)32)24(27)35/h3-4,11,13,19,26,30,32-33,36H,5-9H2,1-2H3,(H2,27,35). The highest BCUT2D eigenvalue weighted by Crippen LogP contribution is 2.52. The number of hydrogen-bond donors (Lipinski definition) is 6. The number of amides is 1. The lowest BCUT2D eigenvalue weighted by molar-refractivity contribution is -0.148. The van der Waals surface area contributed by atoms with Gasteiger partial charge in [-0.25, -0.2) is 5.06 Å². The van der Waals surface area contributed by atoms with Crippen LogP contribution in [0, 0.1) is 17.2 Å². The molecule has 1 fully saturated rings. The van der Waals surface area contributed by atoms with Crippen molar-refractivity contribution in [2.24, 2.45) is 17.6 Å². The number of Topliss-reactive ketones (excluding diaryl/α,β-unsaturated/α-hetero) is 2. The third-order valence-electron chi connectivity index (χ3n) is 7.90. The van der Waals surface area contributed by atoms with Crippen LogP contribution in [-0.4, -0.2) is 86.0 Å². The van der Waals surface area contributed by atoms with Crippen LogP contribution >= 0.6 is 0 Å². The molecule has 1 saturated heterocycles. The first-order chi connectivity index (χ1) is 17.4. The third kappa shape index (κ3) is 3.40. The number of carbonyl (C=O) groups excluding carboxylic acids is 3. The number of aliphatic hydroxyl groups is 3. The van der Waals surface area contributed by atoms with E-state index in [1.165, 1.54) is 16.0 Å². The van der Waals surface area contributed by atoms with Gasteiger partial charge in [0.05, 0.1) is 24.8 Å². The number of carbonyl (C=O) groups is 3. The van der Waals surface area contributed by atoms with E-state index in [1.54, 1.807) is 20.2 Å². The van der Waals surface area contributed by atoms with E-state index < -0.39 is 58.0 Å². The number of benzene rings is 1. The van der Waals surface area contributed by atoms with Gasteiger partial charge in [-0.3, -0.25) is 29.5 Å². The molecule has 1 amide bonds. The monoisotopic (exact) mass is 512 g/mol. The lowest BCUT2D eigenvalue weighted by Crippen LogP contribution is -2.63. The highest BCUT2D eigenvalue weighted by Gasteiger charge is 2.63. The van der Waals surface area contributed by atoms with Crippen LogP contribution < -0.4 is 5.73 Å². The summed E-state index contributed by atoms with van der Waals surface area (Å²) in [6, 6.07) is 1.93. The molecular weight excluding hydrogens is 484 g/mol. The minimum Gasteiger partial charge on any atom is -0.510 e. The Hall–Kier alpha value is -3.74. The summed E-state index contributed by atoms with van der Waals surface area (Å²) in [7, 11) is 3.16. The minimum absolute atomic E-state index is 0.0108. The van der Waals surface area contributed by atoms with Crippen molar-refractivity contribution < 1.29 is 39.6 Å². The number of allylic oxidation sites excluding steroid dienone is 1. The largest absolute Gasteiger partial charge is 0.510 e. The van der Waals surface area contributed by atoms with Crippen molar-refractivity contribution in [1.82, 2.24) is 9.96 Å². The van der Waals surface area contributed by atoms with Gasteiger partial charge in [0.1, 0.15) is 28.7 Å². The Labute approximate surface area is 211 Å². The normalized spacial score (nSPS) is 29.6. The first-order valence-corrected chi connectivity index (χ1v) is 11.9. The second kappa shape index (κ2) is 8.40. The second-order valence-corrected chi connectivity index (χ2v) is 10.1. The Morgan fingerprint density at radius 2 is 1.97 bits per heavy atom. The number of phenols is 1. The molecule has 4 atom stereocenters. The number of nitrogens with two attached hydrogens (primary N) is 1. The van der Waals surface area contributed by atoms with Gasteiger partial charge in [0, 0.05) is 17.9 Å². The lowest BCUT2D eigenvalue weighted by Gasteiger charge is -2.50. The quantitative estimate of drug-likeness (QED) is 0.304. The zero-order valence-electron chi connectivity index (χ0n) is 20.3. The number of hydroxylamine groups is 2. The van der Waals surface area contributed by atoms with Crippen molar-refractivity contribution in [1.29, 1.82) is 5.41 Å². The van der Waals surface area contributed by atoms with E-state index in [-0.39, 0.29) is 42.1 Å². The predicted octanol–water partition coefficient (Wildman–Crippen LogP) is 0.235. The molecule has 3 aliphatic carbocycles. The molecule has 5 rings (SSSR count). The van der Waals surface area contributed by atoms with Gasteiger partial charge < -0.3 is 26.2 Å². The maximum absolute atomic E-state index is 13.7. The summed E-state index contributed by atoms with van der Waals surface area (Å²) in [5.74, 6) is -6.59. The summed E-state index contributed by atoms with van der Waals surface area (Å²) >= 11 is 0. The molecule has 12 nitrogen and oxygen atoms in total. The average molecular weight is 513 g/mol. The van der Waals surface area contributed by atoms with Crippen molar-refractivity contribution >= 4 is 23.3 Å². The molecule has 0 radical (unpaired) electrons. The predicted molar refractivity (Wildman–Crippen MR) is 128 cm³/mol. The van der Waals surface area contributed by atoms with E-state index in [2.05, 4.69) is 0 Å². The van der Waals surface area contributed by atoms with Crippen molar-refractivity contribution in [3.05, 3.63) is 51.5 Å². The van der Waals surface area contributed by atoms with Crippen molar-refractivity contribution in [3.63, 3.8) is 0 Å². The van der Waals surface area contributed by atoms with Crippen LogP contribution in [0.5, 0.6) is 5.75 Å². The number of primary amides is 1. The summed E-state index contributed by atoms with van der Waals surface area (Å²) in [5, 5.41) is 53.8. The summed E-state index contributed by atoms with van der Waals surface area (Å²) < 4.78 is 0. The van der Waals surface area contributed by atoms with Crippen LogP contribution in [0.25, 0.3) is 0 Å². The molecule has 12 heteroatoms. The molecule has 0 saturated carbocycles. The van der Waals surface area contributed by atoms with Gasteiger partial charge in [-0.15, -0.1) is 0 Å². The number of amidine groups is 1. The number of aliphatic hydroxyl groups excluding tert-OH is 2. The number of aromatic hydroxyl groups is 1. The number of nitrogens with one attached hydrogen (secondary N) is 1. The summed E-state index contributed by atoms with van der Waals surface area (Å²) in [5.41, 5.74) is 2.71. The SMILES string of the molecule is CN(C)C1C(O)=C(C(N)=O)C(=O)C2(O)C(O)=C3C(=O)c4c(O)ccc(CN5OCCC5=N)c4CC3CC12. The first kappa shape index (κ1) is 24.9. The Balaban J connectivity index is 1.66. The number of ketones is 2.